The van der Waals surface area contributed by atoms with E-state index in [9.17, 15) is 9.59 Å². The highest BCUT2D eigenvalue weighted by molar-refractivity contribution is 6.02. The van der Waals surface area contributed by atoms with E-state index in [1.807, 2.05) is 0 Å². The van der Waals surface area contributed by atoms with Crippen molar-refractivity contribution in [3.05, 3.63) is 35.6 Å². The lowest BCUT2D eigenvalue weighted by Gasteiger charge is -2.19. The van der Waals surface area contributed by atoms with E-state index >= 15 is 0 Å². The first-order valence-electron chi connectivity index (χ1n) is 5.94. The van der Waals surface area contributed by atoms with Crippen molar-refractivity contribution in [3.63, 3.8) is 0 Å². The maximum atomic E-state index is 11.9. The van der Waals surface area contributed by atoms with Gasteiger partial charge in [-0.3, -0.25) is 14.9 Å². The first-order valence-corrected chi connectivity index (χ1v) is 5.94. The van der Waals surface area contributed by atoms with Crippen LogP contribution in [0.2, 0.25) is 0 Å². The topological polar surface area (TPSA) is 83.1 Å². The minimum atomic E-state index is -0.395. The Hall–Kier alpha value is -2.61. The molecule has 1 N–H and O–H groups in total. The van der Waals surface area contributed by atoms with Gasteiger partial charge < -0.3 is 4.42 Å². The number of hydrogen-bond donors (Lipinski definition) is 1. The molecule has 0 aliphatic carbocycles. The lowest BCUT2D eigenvalue weighted by Crippen LogP contribution is -2.39. The predicted molar refractivity (Wildman–Crippen MR) is 66.1 cm³/mol. The second-order valence-corrected chi connectivity index (χ2v) is 4.52. The molecule has 2 amide bonds. The zero-order chi connectivity index (χ0) is 13.4. The Morgan fingerprint density at radius 2 is 2.21 bits per heavy atom. The number of imide groups is 1. The molecule has 1 aromatic heterocycles. The number of piperidine rings is 1. The van der Waals surface area contributed by atoms with Gasteiger partial charge >= 0.3 is 0 Å². The largest absolute Gasteiger partial charge is 0.464 e. The summed E-state index contributed by atoms with van der Waals surface area (Å²) in [4.78, 5) is 23.0. The molecule has 5 nitrogen and oxygen atoms in total. The molecule has 1 unspecified atom stereocenters. The second kappa shape index (κ2) is 4.25. The summed E-state index contributed by atoms with van der Waals surface area (Å²) in [7, 11) is 0. The Morgan fingerprint density at radius 1 is 1.37 bits per heavy atom. The number of benzene rings is 1. The molecule has 5 heteroatoms. The van der Waals surface area contributed by atoms with Gasteiger partial charge in [-0.25, -0.2) is 0 Å². The molecule has 0 radical (unpaired) electrons. The predicted octanol–water partition coefficient (Wildman–Crippen LogP) is 1.82. The van der Waals surface area contributed by atoms with Crippen LogP contribution in [0.25, 0.3) is 11.0 Å². The van der Waals surface area contributed by atoms with Crippen LogP contribution < -0.4 is 5.32 Å². The number of rotatable bonds is 1. The lowest BCUT2D eigenvalue weighted by atomic mass is 9.90. The fourth-order valence-corrected chi connectivity index (χ4v) is 2.38. The molecule has 0 saturated carbocycles. The number of nitrogens with one attached hydrogen (secondary N) is 1. The molecule has 94 valence electrons. The van der Waals surface area contributed by atoms with Crippen molar-refractivity contribution in [3.8, 4) is 6.07 Å². The van der Waals surface area contributed by atoms with E-state index in [1.165, 1.54) is 6.26 Å². The second-order valence-electron chi connectivity index (χ2n) is 4.52. The number of furan rings is 1. The van der Waals surface area contributed by atoms with Gasteiger partial charge in [-0.05, 0) is 24.6 Å². The van der Waals surface area contributed by atoms with Crippen LogP contribution in [0, 0.1) is 11.3 Å². The number of amides is 2. The molecule has 1 aliphatic heterocycles. The average molecular weight is 254 g/mol. The quantitative estimate of drug-likeness (QED) is 0.787. The molecule has 1 saturated heterocycles. The fraction of sp³-hybridized carbons (Fsp3) is 0.214. The Bertz CT molecular complexity index is 724. The van der Waals surface area contributed by atoms with Gasteiger partial charge in [0.1, 0.15) is 5.58 Å². The van der Waals surface area contributed by atoms with Crippen molar-refractivity contribution >= 4 is 22.8 Å². The summed E-state index contributed by atoms with van der Waals surface area (Å²) in [5, 5.41) is 12.0. The minimum Gasteiger partial charge on any atom is -0.464 e. The Balaban J connectivity index is 2.08. The molecule has 1 atom stereocenters. The van der Waals surface area contributed by atoms with E-state index in [0.717, 1.165) is 10.9 Å². The van der Waals surface area contributed by atoms with Crippen molar-refractivity contribution < 1.29 is 14.0 Å². The van der Waals surface area contributed by atoms with Crippen LogP contribution >= 0.6 is 0 Å². The zero-order valence-corrected chi connectivity index (χ0v) is 9.97. The van der Waals surface area contributed by atoms with Crippen molar-refractivity contribution in [1.82, 2.24) is 5.32 Å². The van der Waals surface area contributed by atoms with Gasteiger partial charge in [0.05, 0.1) is 23.8 Å². The molecular weight excluding hydrogens is 244 g/mol. The Labute approximate surface area is 108 Å². The molecular formula is C14H10N2O3. The fourth-order valence-electron chi connectivity index (χ4n) is 2.38. The monoisotopic (exact) mass is 254 g/mol. The summed E-state index contributed by atoms with van der Waals surface area (Å²) in [5.74, 6) is -0.944. The highest BCUT2D eigenvalue weighted by Crippen LogP contribution is 2.32. The standard InChI is InChI=1S/C14H10N2O3/c15-6-8-1-3-12-10(5-8)11(7-19-12)9-2-4-13(17)16-14(9)18/h1,3,5,7,9H,2,4H2,(H,16,17,18). The third kappa shape index (κ3) is 1.87. The van der Waals surface area contributed by atoms with Crippen LogP contribution in [0.1, 0.15) is 29.9 Å². The lowest BCUT2D eigenvalue weighted by molar-refractivity contribution is -0.134. The number of hydrogen-bond acceptors (Lipinski definition) is 4. The number of fused-ring (bicyclic) bond motifs is 1. The average Bonchev–Trinajstić information content (AvgIpc) is 2.81. The van der Waals surface area contributed by atoms with Crippen LogP contribution in [0.5, 0.6) is 0 Å². The molecule has 0 bridgehead atoms. The highest BCUT2D eigenvalue weighted by Gasteiger charge is 2.30. The number of nitriles is 1. The van der Waals surface area contributed by atoms with Crippen LogP contribution in [0.4, 0.5) is 0 Å². The van der Waals surface area contributed by atoms with Crippen LogP contribution in [-0.2, 0) is 9.59 Å². The van der Waals surface area contributed by atoms with Gasteiger partial charge in [0, 0.05) is 17.4 Å². The summed E-state index contributed by atoms with van der Waals surface area (Å²) in [6, 6.07) is 7.15. The van der Waals surface area contributed by atoms with Crippen LogP contribution in [-0.4, -0.2) is 11.8 Å². The number of nitrogens with zero attached hydrogens (tertiary/aromatic N) is 1. The van der Waals surface area contributed by atoms with E-state index in [-0.39, 0.29) is 11.8 Å². The van der Waals surface area contributed by atoms with Gasteiger partial charge in [0.2, 0.25) is 11.8 Å². The molecule has 0 spiro atoms. The molecule has 2 aromatic rings. The van der Waals surface area contributed by atoms with Crippen LogP contribution in [0.3, 0.4) is 0 Å². The van der Waals surface area contributed by atoms with E-state index < -0.39 is 5.92 Å². The van der Waals surface area contributed by atoms with E-state index in [0.29, 0.717) is 24.0 Å². The van der Waals surface area contributed by atoms with Gasteiger partial charge in [0.15, 0.2) is 0 Å². The summed E-state index contributed by atoms with van der Waals surface area (Å²) in [5.41, 5.74) is 1.89. The first-order chi connectivity index (χ1) is 9.19. The number of carbonyl (C=O) groups is 2. The first kappa shape index (κ1) is 11.5. The summed E-state index contributed by atoms with van der Waals surface area (Å²) < 4.78 is 5.40. The van der Waals surface area contributed by atoms with Crippen molar-refractivity contribution in [2.45, 2.75) is 18.8 Å². The third-order valence-electron chi connectivity index (χ3n) is 3.35. The molecule has 3 rings (SSSR count). The smallest absolute Gasteiger partial charge is 0.234 e. The van der Waals surface area contributed by atoms with Crippen molar-refractivity contribution in [2.75, 3.05) is 0 Å². The molecule has 2 heterocycles. The summed E-state index contributed by atoms with van der Waals surface area (Å²) >= 11 is 0. The zero-order valence-electron chi connectivity index (χ0n) is 9.97. The third-order valence-corrected chi connectivity index (χ3v) is 3.35. The maximum Gasteiger partial charge on any atom is 0.234 e. The van der Waals surface area contributed by atoms with Gasteiger partial charge in [0.25, 0.3) is 0 Å². The van der Waals surface area contributed by atoms with E-state index in [4.69, 9.17) is 9.68 Å². The van der Waals surface area contributed by atoms with Gasteiger partial charge in [-0.1, -0.05) is 0 Å². The van der Waals surface area contributed by atoms with E-state index in [1.54, 1.807) is 18.2 Å². The Morgan fingerprint density at radius 3 is 2.95 bits per heavy atom. The highest BCUT2D eigenvalue weighted by atomic mass is 16.3. The van der Waals surface area contributed by atoms with Crippen molar-refractivity contribution in [1.29, 1.82) is 5.26 Å². The van der Waals surface area contributed by atoms with Crippen LogP contribution in [0.15, 0.2) is 28.9 Å². The maximum absolute atomic E-state index is 11.9. The Kier molecular flexibility index (Phi) is 2.57. The van der Waals surface area contributed by atoms with Gasteiger partial charge in [-0.15, -0.1) is 0 Å². The van der Waals surface area contributed by atoms with Crippen molar-refractivity contribution in [2.24, 2.45) is 0 Å². The molecule has 1 fully saturated rings. The SMILES string of the molecule is N#Cc1ccc2occ(C3CCC(=O)NC3=O)c2c1. The van der Waals surface area contributed by atoms with Gasteiger partial charge in [-0.2, -0.15) is 5.26 Å². The molecule has 19 heavy (non-hydrogen) atoms. The van der Waals surface area contributed by atoms with E-state index in [2.05, 4.69) is 11.4 Å². The summed E-state index contributed by atoms with van der Waals surface area (Å²) in [6.07, 6.45) is 2.32. The number of carbonyl (C=O) groups excluding carboxylic acids is 2. The normalized spacial score (nSPS) is 19.2. The molecule has 1 aromatic carbocycles. The summed E-state index contributed by atoms with van der Waals surface area (Å²) in [6.45, 7) is 0. The minimum absolute atomic E-state index is 0.244. The molecule has 1 aliphatic rings.